The predicted molar refractivity (Wildman–Crippen MR) is 121 cm³/mol. The number of hydrogen-bond donors (Lipinski definition) is 0. The maximum absolute atomic E-state index is 12.7. The van der Waals surface area contributed by atoms with Crippen LogP contribution in [0.4, 0.5) is 0 Å². The molecule has 30 heavy (non-hydrogen) atoms. The quantitative estimate of drug-likeness (QED) is 0.483. The van der Waals surface area contributed by atoms with Crippen LogP contribution in [-0.2, 0) is 13.0 Å². The molecule has 1 fully saturated rings. The summed E-state index contributed by atoms with van der Waals surface area (Å²) in [6.45, 7) is 6.38. The summed E-state index contributed by atoms with van der Waals surface area (Å²) < 4.78 is 0. The molecular formula is C23H25ClN4OS. The van der Waals surface area contributed by atoms with Gasteiger partial charge >= 0.3 is 0 Å². The minimum absolute atomic E-state index is 0.0957. The van der Waals surface area contributed by atoms with Crippen LogP contribution in [0.15, 0.2) is 36.7 Å². The first-order valence-corrected chi connectivity index (χ1v) is 11.5. The highest BCUT2D eigenvalue weighted by Gasteiger charge is 2.23. The molecule has 4 rings (SSSR count). The van der Waals surface area contributed by atoms with E-state index in [4.69, 9.17) is 16.6 Å². The Morgan fingerprint density at radius 2 is 2.13 bits per heavy atom. The van der Waals surface area contributed by atoms with Gasteiger partial charge in [-0.2, -0.15) is 0 Å². The standard InChI is InChI=1S/C23H25ClN4OS/c1-15-6-5-8-17(10-15)23-20(14-28-9-4-3-7-16(28)2)30-22(27-23)11-19(29)18-12-26-21(24)13-25-18/h5-6,8,10,12-13,16H,3-4,7,9,11,14H2,1-2H3/t16-/m1/s1. The Morgan fingerprint density at radius 1 is 1.27 bits per heavy atom. The van der Waals surface area contributed by atoms with Crippen LogP contribution < -0.4 is 0 Å². The van der Waals surface area contributed by atoms with Crippen LogP contribution in [0.25, 0.3) is 11.3 Å². The van der Waals surface area contributed by atoms with Crippen LogP contribution in [0.3, 0.4) is 0 Å². The van der Waals surface area contributed by atoms with Crippen molar-refractivity contribution >= 4 is 28.7 Å². The molecule has 0 unspecified atom stereocenters. The number of Topliss-reactive ketones (excluding diaryl/α,β-unsaturated/α-hetero) is 1. The van der Waals surface area contributed by atoms with Crippen LogP contribution >= 0.6 is 22.9 Å². The molecule has 1 aliphatic heterocycles. The van der Waals surface area contributed by atoms with E-state index in [0.717, 1.165) is 29.4 Å². The average molecular weight is 441 g/mol. The van der Waals surface area contributed by atoms with Crippen molar-refractivity contribution in [2.24, 2.45) is 0 Å². The molecule has 1 saturated heterocycles. The summed E-state index contributed by atoms with van der Waals surface area (Å²) in [5, 5.41) is 1.09. The molecule has 5 nitrogen and oxygen atoms in total. The highest BCUT2D eigenvalue weighted by atomic mass is 35.5. The molecule has 3 heterocycles. The van der Waals surface area contributed by atoms with Crippen LogP contribution in [0.2, 0.25) is 5.15 Å². The van der Waals surface area contributed by atoms with Crippen LogP contribution in [0.1, 0.15) is 52.1 Å². The van der Waals surface area contributed by atoms with Crippen molar-refractivity contribution in [3.63, 3.8) is 0 Å². The van der Waals surface area contributed by atoms with Gasteiger partial charge in [0.2, 0.25) is 0 Å². The lowest BCUT2D eigenvalue weighted by Crippen LogP contribution is -2.36. The second kappa shape index (κ2) is 9.33. The smallest absolute Gasteiger partial charge is 0.189 e. The number of carbonyl (C=O) groups is 1. The van der Waals surface area contributed by atoms with Gasteiger partial charge in [-0.1, -0.05) is 41.8 Å². The number of ketones is 1. The number of rotatable bonds is 6. The molecule has 1 aliphatic rings. The molecule has 1 atom stereocenters. The fraction of sp³-hybridized carbons (Fsp3) is 0.391. The highest BCUT2D eigenvalue weighted by Crippen LogP contribution is 2.32. The van der Waals surface area contributed by atoms with E-state index >= 15 is 0 Å². The summed E-state index contributed by atoms with van der Waals surface area (Å²) >= 11 is 7.42. The Bertz CT molecular complexity index is 1030. The van der Waals surface area contributed by atoms with Gasteiger partial charge < -0.3 is 0 Å². The van der Waals surface area contributed by atoms with E-state index in [9.17, 15) is 4.79 Å². The minimum atomic E-state index is -0.0957. The van der Waals surface area contributed by atoms with Gasteiger partial charge in [0.05, 0.1) is 24.5 Å². The molecule has 1 aromatic carbocycles. The van der Waals surface area contributed by atoms with Gasteiger partial charge in [-0.05, 0) is 39.3 Å². The Kier molecular flexibility index (Phi) is 6.56. The molecular weight excluding hydrogens is 416 g/mol. The monoisotopic (exact) mass is 440 g/mol. The summed E-state index contributed by atoms with van der Waals surface area (Å²) in [6.07, 6.45) is 6.82. The predicted octanol–water partition coefficient (Wildman–Crippen LogP) is 5.36. The Morgan fingerprint density at radius 3 is 2.87 bits per heavy atom. The molecule has 3 aromatic rings. The summed E-state index contributed by atoms with van der Waals surface area (Å²) in [5.74, 6) is -0.0957. The maximum atomic E-state index is 12.7. The van der Waals surface area contributed by atoms with Crippen molar-refractivity contribution in [1.82, 2.24) is 19.9 Å². The first kappa shape index (κ1) is 21.1. The molecule has 7 heteroatoms. The zero-order valence-corrected chi connectivity index (χ0v) is 18.8. The maximum Gasteiger partial charge on any atom is 0.189 e. The van der Waals surface area contributed by atoms with Crippen molar-refractivity contribution in [2.75, 3.05) is 6.54 Å². The van der Waals surface area contributed by atoms with E-state index in [-0.39, 0.29) is 17.4 Å². The van der Waals surface area contributed by atoms with Gasteiger partial charge in [0, 0.05) is 23.0 Å². The van der Waals surface area contributed by atoms with Gasteiger partial charge in [0.15, 0.2) is 5.78 Å². The third-order valence-electron chi connectivity index (χ3n) is 5.54. The first-order chi connectivity index (χ1) is 14.5. The fourth-order valence-electron chi connectivity index (χ4n) is 3.86. The largest absolute Gasteiger partial charge is 0.296 e. The molecule has 0 aliphatic carbocycles. The molecule has 156 valence electrons. The summed E-state index contributed by atoms with van der Waals surface area (Å²) in [4.78, 5) is 29.4. The van der Waals surface area contributed by atoms with Crippen molar-refractivity contribution < 1.29 is 4.79 Å². The number of nitrogens with zero attached hydrogens (tertiary/aromatic N) is 4. The van der Waals surface area contributed by atoms with Crippen LogP contribution in [0, 0.1) is 6.92 Å². The van der Waals surface area contributed by atoms with E-state index in [2.05, 4.69) is 53.0 Å². The highest BCUT2D eigenvalue weighted by molar-refractivity contribution is 7.12. The van der Waals surface area contributed by atoms with Crippen molar-refractivity contribution in [1.29, 1.82) is 0 Å². The van der Waals surface area contributed by atoms with Gasteiger partial charge in [-0.15, -0.1) is 11.3 Å². The fourth-order valence-corrected chi connectivity index (χ4v) is 5.07. The van der Waals surface area contributed by atoms with Gasteiger partial charge in [0.1, 0.15) is 15.9 Å². The number of aromatic nitrogens is 3. The number of benzene rings is 1. The minimum Gasteiger partial charge on any atom is -0.296 e. The third-order valence-corrected chi connectivity index (χ3v) is 6.77. The molecule has 0 radical (unpaired) electrons. The van der Waals surface area contributed by atoms with Gasteiger partial charge in [-0.3, -0.25) is 9.69 Å². The molecule has 0 bridgehead atoms. The van der Waals surface area contributed by atoms with Crippen molar-refractivity contribution in [3.05, 3.63) is 63.0 Å². The van der Waals surface area contributed by atoms with E-state index < -0.39 is 0 Å². The first-order valence-electron chi connectivity index (χ1n) is 10.3. The Hall–Kier alpha value is -2.15. The average Bonchev–Trinajstić information content (AvgIpc) is 3.12. The van der Waals surface area contributed by atoms with Gasteiger partial charge in [-0.25, -0.2) is 15.0 Å². The molecule has 2 aromatic heterocycles. The number of hydrogen-bond acceptors (Lipinski definition) is 6. The number of halogens is 1. The molecule has 0 saturated carbocycles. The zero-order chi connectivity index (χ0) is 21.1. The van der Waals surface area contributed by atoms with Crippen LogP contribution in [-0.4, -0.2) is 38.2 Å². The van der Waals surface area contributed by atoms with E-state index in [0.29, 0.717) is 11.7 Å². The Labute approximate surface area is 186 Å². The van der Waals surface area contributed by atoms with E-state index in [1.165, 1.54) is 42.1 Å². The number of carbonyl (C=O) groups excluding carboxylic acids is 1. The van der Waals surface area contributed by atoms with Crippen molar-refractivity contribution in [2.45, 2.75) is 52.1 Å². The summed E-state index contributed by atoms with van der Waals surface area (Å²) in [5.41, 5.74) is 3.62. The van der Waals surface area contributed by atoms with E-state index in [1.54, 1.807) is 11.3 Å². The van der Waals surface area contributed by atoms with Crippen molar-refractivity contribution in [3.8, 4) is 11.3 Å². The second-order valence-corrected chi connectivity index (χ2v) is 9.44. The normalized spacial score (nSPS) is 17.2. The second-order valence-electron chi connectivity index (χ2n) is 7.89. The number of likely N-dealkylation sites (tertiary alicyclic amines) is 1. The molecule has 0 spiro atoms. The lowest BCUT2D eigenvalue weighted by molar-refractivity contribution is 0.0988. The number of piperidine rings is 1. The summed E-state index contributed by atoms with van der Waals surface area (Å²) in [6, 6.07) is 8.98. The Balaban J connectivity index is 1.63. The van der Waals surface area contributed by atoms with Crippen LogP contribution in [0.5, 0.6) is 0 Å². The summed E-state index contributed by atoms with van der Waals surface area (Å²) in [7, 11) is 0. The number of aryl methyl sites for hydroxylation is 1. The zero-order valence-electron chi connectivity index (χ0n) is 17.3. The lowest BCUT2D eigenvalue weighted by atomic mass is 10.0. The lowest BCUT2D eigenvalue weighted by Gasteiger charge is -2.33. The third kappa shape index (κ3) is 4.94. The van der Waals surface area contributed by atoms with Gasteiger partial charge in [0.25, 0.3) is 0 Å². The molecule has 0 amide bonds. The topological polar surface area (TPSA) is 59.0 Å². The SMILES string of the molecule is Cc1cccc(-c2nc(CC(=O)c3cnc(Cl)cn3)sc2CN2CCCC[C@H]2C)c1. The number of thiazole rings is 1. The van der Waals surface area contributed by atoms with E-state index in [1.807, 2.05) is 0 Å². The molecule has 0 N–H and O–H groups in total.